The summed E-state index contributed by atoms with van der Waals surface area (Å²) >= 11 is 3.27. The number of phenols is 5. The van der Waals surface area contributed by atoms with E-state index >= 15 is 0 Å². The van der Waals surface area contributed by atoms with Crippen LogP contribution in [0.15, 0.2) is 22.7 Å². The van der Waals surface area contributed by atoms with Gasteiger partial charge in [-0.15, -0.1) is 0 Å². The summed E-state index contributed by atoms with van der Waals surface area (Å²) in [6, 6.07) is 5.06. The monoisotopic (exact) mass is 326 g/mol. The normalized spacial score (nSPS) is 10.6. The molecule has 0 radical (unpaired) electrons. The van der Waals surface area contributed by atoms with E-state index in [-0.39, 0.29) is 5.56 Å². The molecule has 0 aromatic heterocycles. The van der Waals surface area contributed by atoms with E-state index in [0.29, 0.717) is 10.0 Å². The van der Waals surface area contributed by atoms with Crippen LogP contribution in [-0.2, 0) is 0 Å². The van der Waals surface area contributed by atoms with Crippen LogP contribution in [0.4, 0.5) is 0 Å². The van der Waals surface area contributed by atoms with Gasteiger partial charge in [-0.05, 0) is 30.2 Å². The maximum Gasteiger partial charge on any atom is 0.208 e. The zero-order valence-electron chi connectivity index (χ0n) is 9.85. The Morgan fingerprint density at radius 1 is 0.737 bits per heavy atom. The van der Waals surface area contributed by atoms with E-state index in [1.54, 1.807) is 12.1 Å². The summed E-state index contributed by atoms with van der Waals surface area (Å²) in [6.45, 7) is 1.81. The van der Waals surface area contributed by atoms with Crippen molar-refractivity contribution in [1.82, 2.24) is 0 Å². The molecule has 2 aromatic rings. The summed E-state index contributed by atoms with van der Waals surface area (Å²) in [5.41, 5.74) is 1.07. The Labute approximate surface area is 117 Å². The van der Waals surface area contributed by atoms with Crippen molar-refractivity contribution in [2.24, 2.45) is 0 Å². The number of rotatable bonds is 1. The van der Waals surface area contributed by atoms with Gasteiger partial charge in [0, 0.05) is 4.47 Å². The van der Waals surface area contributed by atoms with Gasteiger partial charge >= 0.3 is 0 Å². The highest BCUT2D eigenvalue weighted by Gasteiger charge is 2.24. The van der Waals surface area contributed by atoms with Crippen LogP contribution in [0.25, 0.3) is 11.1 Å². The van der Waals surface area contributed by atoms with Crippen molar-refractivity contribution in [3.63, 3.8) is 0 Å². The molecule has 2 aromatic carbocycles. The second-order valence-corrected chi connectivity index (χ2v) is 5.05. The average Bonchev–Trinajstić information content (AvgIpc) is 2.33. The van der Waals surface area contributed by atoms with Crippen LogP contribution in [0.3, 0.4) is 0 Å². The van der Waals surface area contributed by atoms with Crippen molar-refractivity contribution in [3.8, 4) is 39.9 Å². The number of aromatic hydroxyl groups is 5. The topological polar surface area (TPSA) is 101 Å². The highest BCUT2D eigenvalue weighted by Crippen LogP contribution is 2.54. The third-order valence-electron chi connectivity index (χ3n) is 2.70. The molecule has 0 aliphatic carbocycles. The predicted molar refractivity (Wildman–Crippen MR) is 72.6 cm³/mol. The van der Waals surface area contributed by atoms with Crippen molar-refractivity contribution < 1.29 is 25.5 Å². The van der Waals surface area contributed by atoms with E-state index in [0.717, 1.165) is 5.56 Å². The Balaban J connectivity index is 2.82. The summed E-state index contributed by atoms with van der Waals surface area (Å²) in [6.07, 6.45) is 0. The van der Waals surface area contributed by atoms with Crippen LogP contribution in [0.2, 0.25) is 0 Å². The van der Waals surface area contributed by atoms with Crippen LogP contribution < -0.4 is 0 Å². The number of hydrogen-bond donors (Lipinski definition) is 5. The number of hydrogen-bond acceptors (Lipinski definition) is 5. The fraction of sp³-hybridized carbons (Fsp3) is 0.0769. The SMILES string of the molecule is Cc1cc(Br)cc(-c2c(O)c(O)c(O)c(O)c2O)c1. The summed E-state index contributed by atoms with van der Waals surface area (Å²) in [5, 5.41) is 48.0. The molecule has 2 rings (SSSR count). The van der Waals surface area contributed by atoms with E-state index in [1.165, 1.54) is 0 Å². The van der Waals surface area contributed by atoms with Gasteiger partial charge in [0.1, 0.15) is 0 Å². The molecule has 5 N–H and O–H groups in total. The van der Waals surface area contributed by atoms with Gasteiger partial charge in [0.2, 0.25) is 17.2 Å². The Morgan fingerprint density at radius 2 is 1.21 bits per heavy atom. The molecule has 0 fully saturated rings. The summed E-state index contributed by atoms with van der Waals surface area (Å²) in [7, 11) is 0. The van der Waals surface area contributed by atoms with Gasteiger partial charge in [0.15, 0.2) is 11.5 Å². The van der Waals surface area contributed by atoms with Gasteiger partial charge in [0.05, 0.1) is 5.56 Å². The van der Waals surface area contributed by atoms with Gasteiger partial charge in [-0.25, -0.2) is 0 Å². The van der Waals surface area contributed by atoms with E-state index in [9.17, 15) is 25.5 Å². The molecule has 0 unspecified atom stereocenters. The average molecular weight is 327 g/mol. The Bertz CT molecular complexity index is 617. The molecule has 0 heterocycles. The molecule has 0 bridgehead atoms. The van der Waals surface area contributed by atoms with Crippen molar-refractivity contribution in [1.29, 1.82) is 0 Å². The van der Waals surface area contributed by atoms with Crippen LogP contribution in [0, 0.1) is 6.92 Å². The Morgan fingerprint density at radius 3 is 1.68 bits per heavy atom. The molecule has 6 heteroatoms. The van der Waals surface area contributed by atoms with Gasteiger partial charge in [0.25, 0.3) is 0 Å². The summed E-state index contributed by atoms with van der Waals surface area (Å²) in [4.78, 5) is 0. The highest BCUT2D eigenvalue weighted by atomic mass is 79.9. The van der Waals surface area contributed by atoms with E-state index in [4.69, 9.17) is 0 Å². The molecule has 5 nitrogen and oxygen atoms in total. The highest BCUT2D eigenvalue weighted by molar-refractivity contribution is 9.10. The molecular formula is C13H11BrO5. The van der Waals surface area contributed by atoms with Crippen molar-refractivity contribution in [3.05, 3.63) is 28.2 Å². The van der Waals surface area contributed by atoms with E-state index < -0.39 is 28.7 Å². The molecule has 0 atom stereocenters. The van der Waals surface area contributed by atoms with Crippen molar-refractivity contribution in [2.45, 2.75) is 6.92 Å². The van der Waals surface area contributed by atoms with Crippen LogP contribution in [0.1, 0.15) is 5.56 Å². The maximum atomic E-state index is 9.82. The van der Waals surface area contributed by atoms with Crippen LogP contribution in [-0.4, -0.2) is 25.5 Å². The number of benzene rings is 2. The van der Waals surface area contributed by atoms with Crippen LogP contribution in [0.5, 0.6) is 28.7 Å². The lowest BCUT2D eigenvalue weighted by Gasteiger charge is -2.13. The molecule has 0 spiro atoms. The van der Waals surface area contributed by atoms with E-state index in [2.05, 4.69) is 15.9 Å². The standard InChI is InChI=1S/C13H11BrO5/c1-5-2-6(4-7(14)3-5)8-9(15)11(17)13(19)12(18)10(8)16/h2-4,15-19H,1H3. The maximum absolute atomic E-state index is 9.82. The molecule has 0 saturated heterocycles. The van der Waals surface area contributed by atoms with Crippen molar-refractivity contribution >= 4 is 15.9 Å². The zero-order chi connectivity index (χ0) is 14.3. The minimum absolute atomic E-state index is 0.155. The first kappa shape index (κ1) is 13.4. The lowest BCUT2D eigenvalue weighted by molar-refractivity contribution is 0.330. The summed E-state index contributed by atoms with van der Waals surface area (Å²) < 4.78 is 0.702. The second kappa shape index (κ2) is 4.55. The fourth-order valence-corrected chi connectivity index (χ4v) is 2.45. The minimum Gasteiger partial charge on any atom is -0.504 e. The number of halogens is 1. The first-order valence-electron chi connectivity index (χ1n) is 5.29. The molecule has 0 aliphatic heterocycles. The smallest absolute Gasteiger partial charge is 0.208 e. The second-order valence-electron chi connectivity index (χ2n) is 4.14. The Kier molecular flexibility index (Phi) is 3.20. The van der Waals surface area contributed by atoms with Gasteiger partial charge in [-0.2, -0.15) is 0 Å². The van der Waals surface area contributed by atoms with Gasteiger partial charge < -0.3 is 25.5 Å². The molecule has 100 valence electrons. The number of phenolic OH excluding ortho intramolecular Hbond substituents is 5. The molecule has 0 amide bonds. The largest absolute Gasteiger partial charge is 0.504 e. The molecular weight excluding hydrogens is 316 g/mol. The predicted octanol–water partition coefficient (Wildman–Crippen LogP) is 2.95. The lowest BCUT2D eigenvalue weighted by atomic mass is 10.00. The van der Waals surface area contributed by atoms with Crippen molar-refractivity contribution in [2.75, 3.05) is 0 Å². The zero-order valence-corrected chi connectivity index (χ0v) is 11.4. The number of aryl methyl sites for hydroxylation is 1. The molecule has 19 heavy (non-hydrogen) atoms. The molecule has 0 aliphatic rings. The first-order chi connectivity index (χ1) is 8.82. The fourth-order valence-electron chi connectivity index (χ4n) is 1.84. The first-order valence-corrected chi connectivity index (χ1v) is 6.08. The van der Waals surface area contributed by atoms with Gasteiger partial charge in [-0.1, -0.05) is 22.0 Å². The lowest BCUT2D eigenvalue weighted by Crippen LogP contribution is -1.86. The van der Waals surface area contributed by atoms with E-state index in [1.807, 2.05) is 13.0 Å². The Hall–Kier alpha value is -2.08. The van der Waals surface area contributed by atoms with Gasteiger partial charge in [-0.3, -0.25) is 0 Å². The third-order valence-corrected chi connectivity index (χ3v) is 3.16. The minimum atomic E-state index is -0.967. The molecule has 0 saturated carbocycles. The summed E-state index contributed by atoms with van der Waals surface area (Å²) in [5.74, 6) is -4.15. The third kappa shape index (κ3) is 2.15. The quantitative estimate of drug-likeness (QED) is 0.409. The van der Waals surface area contributed by atoms with Crippen LogP contribution >= 0.6 is 15.9 Å².